The van der Waals surface area contributed by atoms with Gasteiger partial charge in [0.15, 0.2) is 0 Å². The van der Waals surface area contributed by atoms with Gasteiger partial charge in [0.2, 0.25) is 5.82 Å². The fourth-order valence-corrected chi connectivity index (χ4v) is 1.92. The number of hydrogen-bond donors (Lipinski definition) is 1. The molecule has 3 aromatic rings. The number of aromatic nitrogens is 3. The second-order valence-corrected chi connectivity index (χ2v) is 4.56. The third-order valence-electron chi connectivity index (χ3n) is 2.92. The molecule has 6 nitrogen and oxygen atoms in total. The predicted octanol–water partition coefficient (Wildman–Crippen LogP) is 2.81. The molecule has 0 aliphatic carbocycles. The van der Waals surface area contributed by atoms with Crippen LogP contribution < -0.4 is 0 Å². The Morgan fingerprint density at radius 3 is 2.81 bits per heavy atom. The van der Waals surface area contributed by atoms with E-state index in [1.54, 1.807) is 24.5 Å². The van der Waals surface area contributed by atoms with Gasteiger partial charge >= 0.3 is 5.97 Å². The summed E-state index contributed by atoms with van der Waals surface area (Å²) in [6.45, 7) is 1.92. The maximum atomic E-state index is 11.0. The van der Waals surface area contributed by atoms with E-state index in [0.29, 0.717) is 17.3 Å². The topological polar surface area (TPSA) is 89.1 Å². The number of pyridine rings is 1. The van der Waals surface area contributed by atoms with Crippen LogP contribution in [0.1, 0.15) is 15.9 Å². The molecular formula is C15H11N3O3. The number of hydrogen-bond acceptors (Lipinski definition) is 5. The van der Waals surface area contributed by atoms with Crippen LogP contribution >= 0.6 is 0 Å². The number of carboxylic acids is 1. The van der Waals surface area contributed by atoms with E-state index < -0.39 is 5.97 Å². The van der Waals surface area contributed by atoms with Gasteiger partial charge in [-0.25, -0.2) is 4.79 Å². The van der Waals surface area contributed by atoms with Crippen LogP contribution in [0.5, 0.6) is 0 Å². The highest BCUT2D eigenvalue weighted by Crippen LogP contribution is 2.22. The van der Waals surface area contributed by atoms with E-state index in [4.69, 9.17) is 9.63 Å². The molecule has 0 saturated carbocycles. The van der Waals surface area contributed by atoms with Crippen LogP contribution in [0.15, 0.2) is 47.2 Å². The van der Waals surface area contributed by atoms with Crippen LogP contribution in [-0.2, 0) is 0 Å². The highest BCUT2D eigenvalue weighted by molar-refractivity contribution is 5.89. The Balaban J connectivity index is 1.98. The number of rotatable bonds is 3. The van der Waals surface area contributed by atoms with Crippen molar-refractivity contribution in [1.29, 1.82) is 0 Å². The zero-order valence-corrected chi connectivity index (χ0v) is 11.1. The SMILES string of the molecule is Cc1cncc(-c2nc(-c3cccc(C(=O)O)c3)no2)c1. The molecule has 0 aliphatic rings. The second kappa shape index (κ2) is 5.16. The van der Waals surface area contributed by atoms with E-state index in [0.717, 1.165) is 11.1 Å². The van der Waals surface area contributed by atoms with Crippen LogP contribution in [0.3, 0.4) is 0 Å². The predicted molar refractivity (Wildman–Crippen MR) is 74.7 cm³/mol. The zero-order chi connectivity index (χ0) is 14.8. The van der Waals surface area contributed by atoms with Crippen LogP contribution in [0, 0.1) is 6.92 Å². The molecule has 1 aromatic carbocycles. The molecule has 104 valence electrons. The Hall–Kier alpha value is -3.02. The van der Waals surface area contributed by atoms with Gasteiger partial charge in [0.05, 0.1) is 11.1 Å². The molecule has 0 amide bonds. The quantitative estimate of drug-likeness (QED) is 0.794. The third kappa shape index (κ3) is 2.64. The van der Waals surface area contributed by atoms with E-state index in [1.807, 2.05) is 13.0 Å². The first-order valence-corrected chi connectivity index (χ1v) is 6.23. The third-order valence-corrected chi connectivity index (χ3v) is 2.92. The van der Waals surface area contributed by atoms with E-state index in [9.17, 15) is 4.79 Å². The van der Waals surface area contributed by atoms with Crippen LogP contribution in [0.4, 0.5) is 0 Å². The van der Waals surface area contributed by atoms with E-state index in [1.165, 1.54) is 12.1 Å². The number of carboxylic acid groups (broad SMARTS) is 1. The smallest absolute Gasteiger partial charge is 0.335 e. The maximum Gasteiger partial charge on any atom is 0.335 e. The monoisotopic (exact) mass is 281 g/mol. The molecule has 2 heterocycles. The van der Waals surface area contributed by atoms with Gasteiger partial charge in [-0.3, -0.25) is 4.98 Å². The summed E-state index contributed by atoms with van der Waals surface area (Å²) in [6, 6.07) is 8.28. The highest BCUT2D eigenvalue weighted by Gasteiger charge is 2.12. The lowest BCUT2D eigenvalue weighted by Gasteiger charge is -1.97. The second-order valence-electron chi connectivity index (χ2n) is 4.56. The van der Waals surface area contributed by atoms with E-state index in [2.05, 4.69) is 15.1 Å². The average Bonchev–Trinajstić information content (AvgIpc) is 2.97. The molecule has 3 rings (SSSR count). The summed E-state index contributed by atoms with van der Waals surface area (Å²) in [4.78, 5) is 19.3. The maximum absolute atomic E-state index is 11.0. The fraction of sp³-hybridized carbons (Fsp3) is 0.0667. The molecule has 0 aliphatic heterocycles. The van der Waals surface area contributed by atoms with Gasteiger partial charge < -0.3 is 9.63 Å². The zero-order valence-electron chi connectivity index (χ0n) is 11.1. The van der Waals surface area contributed by atoms with Gasteiger partial charge in [0, 0.05) is 18.0 Å². The fourth-order valence-electron chi connectivity index (χ4n) is 1.92. The van der Waals surface area contributed by atoms with Crippen molar-refractivity contribution in [3.8, 4) is 22.8 Å². The van der Waals surface area contributed by atoms with Crippen molar-refractivity contribution >= 4 is 5.97 Å². The normalized spacial score (nSPS) is 10.5. The van der Waals surface area contributed by atoms with Crippen molar-refractivity contribution in [3.05, 3.63) is 53.9 Å². The van der Waals surface area contributed by atoms with Crippen LogP contribution in [0.2, 0.25) is 0 Å². The van der Waals surface area contributed by atoms with Gasteiger partial charge in [-0.05, 0) is 30.7 Å². The summed E-state index contributed by atoms with van der Waals surface area (Å²) in [5.41, 5.74) is 2.48. The Kier molecular flexibility index (Phi) is 3.19. The van der Waals surface area contributed by atoms with Crippen molar-refractivity contribution in [3.63, 3.8) is 0 Å². The minimum Gasteiger partial charge on any atom is -0.478 e. The van der Waals surface area contributed by atoms with Gasteiger partial charge in [-0.2, -0.15) is 4.98 Å². The number of carbonyl (C=O) groups is 1. The van der Waals surface area contributed by atoms with Crippen molar-refractivity contribution < 1.29 is 14.4 Å². The Bertz CT molecular complexity index is 811. The number of benzene rings is 1. The molecule has 6 heteroatoms. The number of nitrogens with zero attached hydrogens (tertiary/aromatic N) is 3. The molecule has 1 N–H and O–H groups in total. The molecular weight excluding hydrogens is 270 g/mol. The molecule has 2 aromatic heterocycles. The van der Waals surface area contributed by atoms with E-state index in [-0.39, 0.29) is 5.56 Å². The van der Waals surface area contributed by atoms with Crippen molar-refractivity contribution in [2.45, 2.75) is 6.92 Å². The molecule has 0 atom stereocenters. The summed E-state index contributed by atoms with van der Waals surface area (Å²) < 4.78 is 5.21. The Morgan fingerprint density at radius 2 is 2.05 bits per heavy atom. The largest absolute Gasteiger partial charge is 0.478 e. The van der Waals surface area contributed by atoms with Gasteiger partial charge in [-0.15, -0.1) is 0 Å². The summed E-state index contributed by atoms with van der Waals surface area (Å²) in [6.07, 6.45) is 3.37. The average molecular weight is 281 g/mol. The highest BCUT2D eigenvalue weighted by atomic mass is 16.5. The summed E-state index contributed by atoms with van der Waals surface area (Å²) in [7, 11) is 0. The van der Waals surface area contributed by atoms with Crippen LogP contribution in [-0.4, -0.2) is 26.2 Å². The molecule has 0 saturated heterocycles. The molecule has 0 bridgehead atoms. The van der Waals surface area contributed by atoms with Crippen LogP contribution in [0.25, 0.3) is 22.8 Å². The van der Waals surface area contributed by atoms with Gasteiger partial charge in [-0.1, -0.05) is 17.3 Å². The lowest BCUT2D eigenvalue weighted by molar-refractivity contribution is 0.0697. The van der Waals surface area contributed by atoms with Crippen molar-refractivity contribution in [1.82, 2.24) is 15.1 Å². The Labute approximate surface area is 120 Å². The van der Waals surface area contributed by atoms with Gasteiger partial charge in [0.1, 0.15) is 0 Å². The molecule has 0 fully saturated rings. The summed E-state index contributed by atoms with van der Waals surface area (Å²) >= 11 is 0. The minimum absolute atomic E-state index is 0.177. The van der Waals surface area contributed by atoms with Crippen molar-refractivity contribution in [2.24, 2.45) is 0 Å². The first-order chi connectivity index (χ1) is 10.1. The lowest BCUT2D eigenvalue weighted by Crippen LogP contribution is -1.96. The van der Waals surface area contributed by atoms with Gasteiger partial charge in [0.25, 0.3) is 5.89 Å². The Morgan fingerprint density at radius 1 is 1.19 bits per heavy atom. The summed E-state index contributed by atoms with van der Waals surface area (Å²) in [5.74, 6) is -0.306. The lowest BCUT2D eigenvalue weighted by atomic mass is 10.1. The number of aromatic carboxylic acids is 1. The molecule has 0 spiro atoms. The minimum atomic E-state index is -0.997. The van der Waals surface area contributed by atoms with Crippen molar-refractivity contribution in [2.75, 3.05) is 0 Å². The first-order valence-electron chi connectivity index (χ1n) is 6.23. The first kappa shape index (κ1) is 13.0. The van der Waals surface area contributed by atoms with E-state index >= 15 is 0 Å². The standard InChI is InChI=1S/C15H11N3O3/c1-9-5-12(8-16-7-9)14-17-13(18-21-14)10-3-2-4-11(6-10)15(19)20/h2-8H,1H3,(H,19,20). The molecule has 0 radical (unpaired) electrons. The molecule has 0 unspecified atom stereocenters. The number of aryl methyl sites for hydroxylation is 1. The molecule has 21 heavy (non-hydrogen) atoms. The summed E-state index contributed by atoms with van der Waals surface area (Å²) in [5, 5.41) is 12.9.